The highest BCUT2D eigenvalue weighted by Gasteiger charge is 2.39. The SMILES string of the molecule is COc1cc([C@H]2CC(=O)N3CN(c4ccccc4F)CSC3=C2C#N)cc(OC)c1OC. The molecule has 0 unspecified atom stereocenters. The molecule has 1 atom stereocenters. The minimum absolute atomic E-state index is 0.108. The smallest absolute Gasteiger partial charge is 0.229 e. The number of benzene rings is 2. The summed E-state index contributed by atoms with van der Waals surface area (Å²) in [6.45, 7) is 0.190. The molecule has 4 rings (SSSR count). The second-order valence-electron chi connectivity index (χ2n) is 7.27. The Hall–Kier alpha value is -3.38. The summed E-state index contributed by atoms with van der Waals surface area (Å²) in [5.41, 5.74) is 1.66. The zero-order chi connectivity index (χ0) is 22.8. The molecule has 2 aliphatic rings. The number of thioether (sulfide) groups is 1. The van der Waals surface area contributed by atoms with E-state index in [0.29, 0.717) is 39.4 Å². The highest BCUT2D eigenvalue weighted by Crippen LogP contribution is 2.47. The number of hydrogen-bond acceptors (Lipinski definition) is 7. The molecule has 166 valence electrons. The largest absolute Gasteiger partial charge is 0.493 e. The number of para-hydroxylation sites is 1. The van der Waals surface area contributed by atoms with Crippen LogP contribution in [0.4, 0.5) is 10.1 Å². The Kier molecular flexibility index (Phi) is 6.15. The third-order valence-electron chi connectivity index (χ3n) is 5.58. The molecule has 7 nitrogen and oxygen atoms in total. The van der Waals surface area contributed by atoms with Gasteiger partial charge in [-0.3, -0.25) is 9.69 Å². The number of fused-ring (bicyclic) bond motifs is 1. The van der Waals surface area contributed by atoms with Gasteiger partial charge < -0.3 is 19.1 Å². The van der Waals surface area contributed by atoms with E-state index in [4.69, 9.17) is 14.2 Å². The van der Waals surface area contributed by atoms with Crippen molar-refractivity contribution >= 4 is 23.4 Å². The van der Waals surface area contributed by atoms with Crippen molar-refractivity contribution in [1.29, 1.82) is 5.26 Å². The van der Waals surface area contributed by atoms with E-state index < -0.39 is 5.92 Å². The van der Waals surface area contributed by atoms with E-state index in [2.05, 4.69) is 6.07 Å². The van der Waals surface area contributed by atoms with Crippen LogP contribution in [-0.4, -0.2) is 44.7 Å². The van der Waals surface area contributed by atoms with Crippen molar-refractivity contribution in [3.63, 3.8) is 0 Å². The lowest BCUT2D eigenvalue weighted by Gasteiger charge is -2.42. The predicted octanol–water partition coefficient (Wildman–Crippen LogP) is 4.07. The Morgan fingerprint density at radius 1 is 1.12 bits per heavy atom. The van der Waals surface area contributed by atoms with Crippen LogP contribution in [0.1, 0.15) is 17.9 Å². The molecule has 0 N–H and O–H groups in total. The normalized spacial score (nSPS) is 18.2. The molecular formula is C23H22FN3O4S. The topological polar surface area (TPSA) is 75.0 Å². The first-order chi connectivity index (χ1) is 15.5. The number of amides is 1. The van der Waals surface area contributed by atoms with Gasteiger partial charge in [0.15, 0.2) is 11.5 Å². The molecule has 2 aliphatic heterocycles. The molecule has 1 fully saturated rings. The maximum Gasteiger partial charge on any atom is 0.229 e. The summed E-state index contributed by atoms with van der Waals surface area (Å²) in [6, 6.07) is 12.3. The molecular weight excluding hydrogens is 433 g/mol. The lowest BCUT2D eigenvalue weighted by Crippen LogP contribution is -2.47. The van der Waals surface area contributed by atoms with E-state index in [-0.39, 0.29) is 24.8 Å². The Bertz CT molecular complexity index is 1110. The minimum atomic E-state index is -0.444. The van der Waals surface area contributed by atoms with Crippen LogP contribution in [0.5, 0.6) is 17.2 Å². The number of carbonyl (C=O) groups is 1. The number of nitriles is 1. The van der Waals surface area contributed by atoms with Crippen LogP contribution in [0.25, 0.3) is 0 Å². The fraction of sp³-hybridized carbons (Fsp3) is 0.304. The first-order valence-corrected chi connectivity index (χ1v) is 10.9. The highest BCUT2D eigenvalue weighted by molar-refractivity contribution is 8.03. The Morgan fingerprint density at radius 3 is 2.41 bits per heavy atom. The first kappa shape index (κ1) is 21.8. The number of nitrogens with zero attached hydrogens (tertiary/aromatic N) is 3. The summed E-state index contributed by atoms with van der Waals surface area (Å²) in [5, 5.41) is 10.6. The molecule has 0 aliphatic carbocycles. The predicted molar refractivity (Wildman–Crippen MR) is 119 cm³/mol. The van der Waals surface area contributed by atoms with Crippen LogP contribution in [0.2, 0.25) is 0 Å². The zero-order valence-corrected chi connectivity index (χ0v) is 18.7. The second-order valence-corrected chi connectivity index (χ2v) is 8.21. The van der Waals surface area contributed by atoms with E-state index in [0.717, 1.165) is 5.56 Å². The van der Waals surface area contributed by atoms with Crippen LogP contribution < -0.4 is 19.1 Å². The first-order valence-electron chi connectivity index (χ1n) is 9.89. The van der Waals surface area contributed by atoms with Gasteiger partial charge >= 0.3 is 0 Å². The monoisotopic (exact) mass is 455 g/mol. The number of hydrogen-bond donors (Lipinski definition) is 0. The summed E-state index contributed by atoms with van der Waals surface area (Å²) >= 11 is 1.36. The standard InChI is InChI=1S/C23H22FN3O4S/c1-29-19-8-14(9-20(30-2)22(19)31-3)15-10-21(28)27-12-26(13-32-23(27)16(15)11-25)18-7-5-4-6-17(18)24/h4-9,15H,10,12-13H2,1-3H3/t15-/m1/s1. The van der Waals surface area contributed by atoms with Crippen LogP contribution in [0.3, 0.4) is 0 Å². The fourth-order valence-corrected chi connectivity index (χ4v) is 5.17. The zero-order valence-electron chi connectivity index (χ0n) is 17.9. The van der Waals surface area contributed by atoms with Gasteiger partial charge in [0, 0.05) is 12.3 Å². The molecule has 0 aromatic heterocycles. The Labute approximate surface area is 190 Å². The minimum Gasteiger partial charge on any atom is -0.493 e. The highest BCUT2D eigenvalue weighted by atomic mass is 32.2. The number of ether oxygens (including phenoxy) is 3. The summed E-state index contributed by atoms with van der Waals surface area (Å²) in [6.07, 6.45) is 0.108. The molecule has 1 amide bonds. The number of methoxy groups -OCH3 is 3. The van der Waals surface area contributed by atoms with Crippen LogP contribution in [0, 0.1) is 17.1 Å². The number of rotatable bonds is 5. The second kappa shape index (κ2) is 9.01. The number of anilines is 1. The van der Waals surface area contributed by atoms with Gasteiger partial charge in [0.05, 0.1) is 56.2 Å². The summed E-state index contributed by atoms with van der Waals surface area (Å²) in [7, 11) is 4.56. The molecule has 2 aromatic carbocycles. The van der Waals surface area contributed by atoms with Crippen LogP contribution >= 0.6 is 11.8 Å². The molecule has 32 heavy (non-hydrogen) atoms. The van der Waals surface area contributed by atoms with E-state index in [1.54, 1.807) is 40.1 Å². The Balaban J connectivity index is 1.72. The molecule has 0 saturated carbocycles. The quantitative estimate of drug-likeness (QED) is 0.673. The van der Waals surface area contributed by atoms with Gasteiger partial charge in [-0.15, -0.1) is 0 Å². The average Bonchev–Trinajstić information content (AvgIpc) is 2.83. The third kappa shape index (κ3) is 3.71. The fourth-order valence-electron chi connectivity index (χ4n) is 4.01. The van der Waals surface area contributed by atoms with Crippen molar-refractivity contribution in [2.45, 2.75) is 12.3 Å². The van der Waals surface area contributed by atoms with Crippen molar-refractivity contribution in [3.8, 4) is 23.3 Å². The van der Waals surface area contributed by atoms with Crippen molar-refractivity contribution in [1.82, 2.24) is 4.90 Å². The summed E-state index contributed by atoms with van der Waals surface area (Å²) < 4.78 is 30.5. The van der Waals surface area contributed by atoms with Gasteiger partial charge in [-0.25, -0.2) is 4.39 Å². The molecule has 0 radical (unpaired) electrons. The molecule has 2 heterocycles. The summed E-state index contributed by atoms with van der Waals surface area (Å²) in [5.74, 6) is 0.864. The van der Waals surface area contributed by atoms with Gasteiger partial charge in [0.2, 0.25) is 11.7 Å². The third-order valence-corrected chi connectivity index (χ3v) is 6.73. The van der Waals surface area contributed by atoms with E-state index in [1.807, 2.05) is 0 Å². The molecule has 0 spiro atoms. The maximum atomic E-state index is 14.3. The lowest BCUT2D eigenvalue weighted by atomic mass is 9.86. The Morgan fingerprint density at radius 2 is 1.81 bits per heavy atom. The number of halogens is 1. The van der Waals surface area contributed by atoms with Gasteiger partial charge in [-0.05, 0) is 29.8 Å². The van der Waals surface area contributed by atoms with Gasteiger partial charge in [-0.2, -0.15) is 5.26 Å². The summed E-state index contributed by atoms with van der Waals surface area (Å²) in [4.78, 5) is 16.5. The van der Waals surface area contributed by atoms with Crippen molar-refractivity contribution in [3.05, 3.63) is 58.4 Å². The molecule has 9 heteroatoms. The van der Waals surface area contributed by atoms with E-state index >= 15 is 0 Å². The van der Waals surface area contributed by atoms with E-state index in [9.17, 15) is 14.4 Å². The lowest BCUT2D eigenvalue weighted by molar-refractivity contribution is -0.129. The van der Waals surface area contributed by atoms with Crippen LogP contribution in [-0.2, 0) is 4.79 Å². The van der Waals surface area contributed by atoms with Gasteiger partial charge in [0.25, 0.3) is 0 Å². The maximum absolute atomic E-state index is 14.3. The van der Waals surface area contributed by atoms with Gasteiger partial charge in [0.1, 0.15) is 5.82 Å². The molecule has 1 saturated heterocycles. The van der Waals surface area contributed by atoms with Crippen LogP contribution in [0.15, 0.2) is 47.0 Å². The molecule has 0 bridgehead atoms. The number of carbonyl (C=O) groups excluding carboxylic acids is 1. The van der Waals surface area contributed by atoms with Gasteiger partial charge in [-0.1, -0.05) is 23.9 Å². The van der Waals surface area contributed by atoms with E-state index in [1.165, 1.54) is 39.2 Å². The van der Waals surface area contributed by atoms with Crippen molar-refractivity contribution in [2.24, 2.45) is 0 Å². The molecule has 2 aromatic rings. The number of allylic oxidation sites excluding steroid dienone is 1. The van der Waals surface area contributed by atoms with Crippen molar-refractivity contribution in [2.75, 3.05) is 38.8 Å². The van der Waals surface area contributed by atoms with Crippen molar-refractivity contribution < 1.29 is 23.4 Å². The average molecular weight is 456 g/mol.